The molecule has 0 spiro atoms. The molecular weight excluding hydrogens is 247 g/mol. The van der Waals surface area contributed by atoms with Crippen LogP contribution in [-0.4, -0.2) is 32.6 Å². The maximum absolute atomic E-state index is 10.3. The van der Waals surface area contributed by atoms with Crippen LogP contribution in [0.15, 0.2) is 24.3 Å². The van der Waals surface area contributed by atoms with Crippen molar-refractivity contribution in [2.75, 3.05) is 6.61 Å². The number of ether oxygens (including phenoxy) is 1. The van der Waals surface area contributed by atoms with Gasteiger partial charge in [0.05, 0.1) is 0 Å². The molecule has 0 bridgehead atoms. The number of rotatable bonds is 5. The van der Waals surface area contributed by atoms with Crippen molar-refractivity contribution in [2.24, 2.45) is 0 Å². The van der Waals surface area contributed by atoms with E-state index in [0.717, 1.165) is 10.2 Å². The van der Waals surface area contributed by atoms with Crippen LogP contribution in [0.2, 0.25) is 5.32 Å². The van der Waals surface area contributed by atoms with E-state index in [9.17, 15) is 4.79 Å². The Bertz CT molecular complexity index is 295. The van der Waals surface area contributed by atoms with Crippen LogP contribution in [0.25, 0.3) is 0 Å². The van der Waals surface area contributed by atoms with Gasteiger partial charge in [-0.2, -0.15) is 0 Å². The Morgan fingerprint density at radius 1 is 1.43 bits per heavy atom. The van der Waals surface area contributed by atoms with Crippen molar-refractivity contribution >= 4 is 25.4 Å². The number of hydrogen-bond acceptors (Lipinski definition) is 2. The summed E-state index contributed by atoms with van der Waals surface area (Å²) in [5, 5.41) is 8.74. The summed E-state index contributed by atoms with van der Waals surface area (Å²) in [5.74, 6) is 0.0984. The van der Waals surface area contributed by atoms with Crippen LogP contribution >= 0.6 is 0 Å². The van der Waals surface area contributed by atoms with E-state index in [0.29, 0.717) is 6.61 Å². The predicted octanol–water partition coefficient (Wildman–Crippen LogP) is 0.918. The van der Waals surface area contributed by atoms with Gasteiger partial charge in [-0.05, 0) is 0 Å². The first-order chi connectivity index (χ1) is 6.72. The van der Waals surface area contributed by atoms with E-state index in [4.69, 9.17) is 9.84 Å². The molecule has 14 heavy (non-hydrogen) atoms. The topological polar surface area (TPSA) is 46.5 Å². The molecule has 0 saturated heterocycles. The summed E-state index contributed by atoms with van der Waals surface area (Å²) >= 11 is 0.0244. The Morgan fingerprint density at radius 2 is 2.07 bits per heavy atom. The Labute approximate surface area is 89.2 Å². The van der Waals surface area contributed by atoms with Crippen LogP contribution in [-0.2, 0) is 4.79 Å². The van der Waals surface area contributed by atoms with Crippen molar-refractivity contribution < 1.29 is 14.6 Å². The fraction of sp³-hybridized carbons (Fsp3) is 0.300. The van der Waals surface area contributed by atoms with E-state index in [2.05, 4.69) is 0 Å². The van der Waals surface area contributed by atoms with Gasteiger partial charge in [0.1, 0.15) is 0 Å². The summed E-state index contributed by atoms with van der Waals surface area (Å²) < 4.78 is 6.36. The van der Waals surface area contributed by atoms with Crippen LogP contribution in [0.5, 0.6) is 5.75 Å². The maximum atomic E-state index is 10.3. The van der Waals surface area contributed by atoms with Gasteiger partial charge in [0.15, 0.2) is 0 Å². The fourth-order valence-electron chi connectivity index (χ4n) is 0.944. The fourth-order valence-corrected chi connectivity index (χ4v) is 2.24. The summed E-state index contributed by atoms with van der Waals surface area (Å²) in [6.07, 6.45) is 0. The van der Waals surface area contributed by atoms with E-state index >= 15 is 0 Å². The molecule has 1 aromatic carbocycles. The molecule has 0 amide bonds. The first-order valence-corrected chi connectivity index (χ1v) is 6.36. The SMILES string of the molecule is CCOc1ccc([Se]CC(=O)O)cc1. The van der Waals surface area contributed by atoms with E-state index in [1.165, 1.54) is 0 Å². The molecule has 76 valence electrons. The Kier molecular flexibility index (Phi) is 4.50. The monoisotopic (exact) mass is 260 g/mol. The summed E-state index contributed by atoms with van der Waals surface area (Å²) in [6.45, 7) is 2.59. The molecule has 0 aromatic heterocycles. The summed E-state index contributed by atoms with van der Waals surface area (Å²) in [4.78, 5) is 10.3. The number of carbonyl (C=O) groups is 1. The predicted molar refractivity (Wildman–Crippen MR) is 55.4 cm³/mol. The van der Waals surface area contributed by atoms with Crippen LogP contribution < -0.4 is 9.20 Å². The van der Waals surface area contributed by atoms with Gasteiger partial charge in [0.2, 0.25) is 0 Å². The first kappa shape index (κ1) is 11.1. The van der Waals surface area contributed by atoms with Crippen LogP contribution in [0, 0.1) is 0 Å². The number of carboxylic acid groups (broad SMARTS) is 1. The molecule has 0 aliphatic heterocycles. The van der Waals surface area contributed by atoms with E-state index in [-0.39, 0.29) is 20.3 Å². The molecule has 3 nitrogen and oxygen atoms in total. The third-order valence-electron chi connectivity index (χ3n) is 1.50. The van der Waals surface area contributed by atoms with Gasteiger partial charge in [0.25, 0.3) is 0 Å². The molecular formula is C10H12O3Se. The summed E-state index contributed by atoms with van der Waals surface area (Å²) in [6, 6.07) is 7.60. The third kappa shape index (κ3) is 3.81. The second-order valence-electron chi connectivity index (χ2n) is 2.59. The molecule has 0 unspecified atom stereocenters. The number of carboxylic acids is 1. The van der Waals surface area contributed by atoms with Crippen LogP contribution in [0.1, 0.15) is 6.92 Å². The van der Waals surface area contributed by atoms with Gasteiger partial charge < -0.3 is 0 Å². The molecule has 4 heteroatoms. The molecule has 0 radical (unpaired) electrons. The Morgan fingerprint density at radius 3 is 2.57 bits per heavy atom. The quantitative estimate of drug-likeness (QED) is 0.800. The zero-order chi connectivity index (χ0) is 10.4. The first-order valence-electron chi connectivity index (χ1n) is 4.30. The Balaban J connectivity index is 2.50. The summed E-state index contributed by atoms with van der Waals surface area (Å²) in [5.41, 5.74) is 0. The second kappa shape index (κ2) is 5.68. The van der Waals surface area contributed by atoms with Crippen LogP contribution in [0.3, 0.4) is 0 Å². The molecule has 0 heterocycles. The average molecular weight is 259 g/mol. The van der Waals surface area contributed by atoms with Gasteiger partial charge in [-0.3, -0.25) is 0 Å². The van der Waals surface area contributed by atoms with Gasteiger partial charge >= 0.3 is 88.9 Å². The molecule has 1 rings (SSSR count). The average Bonchev–Trinajstić information content (AvgIpc) is 2.17. The van der Waals surface area contributed by atoms with Crippen molar-refractivity contribution in [3.05, 3.63) is 24.3 Å². The van der Waals surface area contributed by atoms with Gasteiger partial charge in [-0.1, -0.05) is 0 Å². The van der Waals surface area contributed by atoms with E-state index in [1.54, 1.807) is 0 Å². The molecule has 0 aliphatic rings. The number of hydrogen-bond donors (Lipinski definition) is 1. The van der Waals surface area contributed by atoms with Gasteiger partial charge in [-0.15, -0.1) is 0 Å². The Hall–Kier alpha value is -0.991. The van der Waals surface area contributed by atoms with Gasteiger partial charge in [0, 0.05) is 0 Å². The molecule has 1 N–H and O–H groups in total. The minimum absolute atomic E-state index is 0.0244. The zero-order valence-electron chi connectivity index (χ0n) is 7.90. The van der Waals surface area contributed by atoms with Crippen molar-refractivity contribution in [3.8, 4) is 5.75 Å². The molecule has 1 aromatic rings. The van der Waals surface area contributed by atoms with Gasteiger partial charge in [-0.25, -0.2) is 0 Å². The normalized spacial score (nSPS) is 9.79. The van der Waals surface area contributed by atoms with Crippen molar-refractivity contribution in [2.45, 2.75) is 12.2 Å². The molecule has 0 atom stereocenters. The van der Waals surface area contributed by atoms with Crippen LogP contribution in [0.4, 0.5) is 0 Å². The zero-order valence-corrected chi connectivity index (χ0v) is 9.61. The van der Waals surface area contributed by atoms with Crippen molar-refractivity contribution in [3.63, 3.8) is 0 Å². The van der Waals surface area contributed by atoms with Crippen molar-refractivity contribution in [1.82, 2.24) is 0 Å². The van der Waals surface area contributed by atoms with Crippen molar-refractivity contribution in [1.29, 1.82) is 0 Å². The number of benzene rings is 1. The van der Waals surface area contributed by atoms with E-state index < -0.39 is 5.97 Å². The third-order valence-corrected chi connectivity index (χ3v) is 3.59. The number of aliphatic carboxylic acids is 1. The molecule has 0 fully saturated rings. The van der Waals surface area contributed by atoms with E-state index in [1.807, 2.05) is 31.2 Å². The standard InChI is InChI=1S/C10H12O3Se/c1-2-13-8-3-5-9(6-4-8)14-7-10(11)12/h3-6H,2,7H2,1H3,(H,11,12). The second-order valence-corrected chi connectivity index (χ2v) is 4.79. The molecule has 0 aliphatic carbocycles. The minimum atomic E-state index is -0.737. The summed E-state index contributed by atoms with van der Waals surface area (Å²) in [7, 11) is 0. The molecule has 0 saturated carbocycles.